The van der Waals surface area contributed by atoms with E-state index in [9.17, 15) is 14.9 Å². The van der Waals surface area contributed by atoms with Crippen molar-refractivity contribution in [3.8, 4) is 0 Å². The minimum Gasteiger partial charge on any atom is -0.297 e. The molecule has 0 aliphatic carbocycles. The summed E-state index contributed by atoms with van der Waals surface area (Å²) in [4.78, 5) is 26.8. The predicted molar refractivity (Wildman–Crippen MR) is 88.3 cm³/mol. The van der Waals surface area contributed by atoms with Gasteiger partial charge in [0.25, 0.3) is 5.91 Å². The number of carbonyl (C=O) groups is 1. The lowest BCUT2D eigenvalue weighted by Gasteiger charge is -1.97. The number of rotatable bonds is 3. The minimum atomic E-state index is -0.523. The predicted octanol–water partition coefficient (Wildman–Crippen LogP) is 4.48. The molecule has 1 aromatic carbocycles. The van der Waals surface area contributed by atoms with E-state index < -0.39 is 10.8 Å². The van der Waals surface area contributed by atoms with Crippen molar-refractivity contribution in [2.24, 2.45) is 0 Å². The zero-order valence-corrected chi connectivity index (χ0v) is 13.5. The first-order chi connectivity index (χ1) is 10.5. The molecule has 0 atom stereocenters. The van der Waals surface area contributed by atoms with Crippen molar-refractivity contribution in [2.45, 2.75) is 6.92 Å². The van der Waals surface area contributed by atoms with Crippen molar-refractivity contribution < 1.29 is 9.72 Å². The fourth-order valence-electron chi connectivity index (χ4n) is 1.86. The number of amides is 1. The van der Waals surface area contributed by atoms with Gasteiger partial charge in [0.15, 0.2) is 5.13 Å². The highest BCUT2D eigenvalue weighted by molar-refractivity contribution is 7.22. The van der Waals surface area contributed by atoms with Crippen molar-refractivity contribution >= 4 is 60.5 Å². The topological polar surface area (TPSA) is 85.1 Å². The smallest absolute Gasteiger partial charge is 0.297 e. The summed E-state index contributed by atoms with van der Waals surface area (Å²) >= 11 is 8.20. The monoisotopic (exact) mass is 353 g/mol. The Bertz CT molecular complexity index is 903. The van der Waals surface area contributed by atoms with E-state index >= 15 is 0 Å². The van der Waals surface area contributed by atoms with Gasteiger partial charge in [0.05, 0.1) is 20.0 Å². The summed E-state index contributed by atoms with van der Waals surface area (Å²) in [5.41, 5.74) is 1.59. The number of anilines is 1. The second kappa shape index (κ2) is 5.64. The summed E-state index contributed by atoms with van der Waals surface area (Å²) in [5, 5.41) is 14.3. The summed E-state index contributed by atoms with van der Waals surface area (Å²) in [7, 11) is 0. The molecule has 3 rings (SSSR count). The van der Waals surface area contributed by atoms with Crippen LogP contribution in [0.25, 0.3) is 10.2 Å². The van der Waals surface area contributed by atoms with Crippen LogP contribution in [-0.2, 0) is 0 Å². The lowest BCUT2D eigenvalue weighted by atomic mass is 10.2. The van der Waals surface area contributed by atoms with Crippen LogP contribution in [0.2, 0.25) is 5.02 Å². The molecule has 0 fully saturated rings. The number of nitro groups is 1. The summed E-state index contributed by atoms with van der Waals surface area (Å²) in [6, 6.07) is 6.36. The molecular formula is C13H8ClN3O3S2. The number of hydrogen-bond donors (Lipinski definition) is 1. The Morgan fingerprint density at radius 1 is 1.32 bits per heavy atom. The van der Waals surface area contributed by atoms with Crippen LogP contribution in [0, 0.1) is 17.0 Å². The Morgan fingerprint density at radius 2 is 2.09 bits per heavy atom. The number of fused-ring (bicyclic) bond motifs is 1. The van der Waals surface area contributed by atoms with E-state index in [-0.39, 0.29) is 9.88 Å². The zero-order valence-electron chi connectivity index (χ0n) is 11.1. The van der Waals surface area contributed by atoms with Gasteiger partial charge >= 0.3 is 5.00 Å². The molecule has 2 aromatic heterocycles. The van der Waals surface area contributed by atoms with Crippen LogP contribution in [0.1, 0.15) is 15.2 Å². The number of halogens is 1. The van der Waals surface area contributed by atoms with Crippen LogP contribution in [0.4, 0.5) is 10.1 Å². The Morgan fingerprint density at radius 3 is 2.77 bits per heavy atom. The molecule has 0 aliphatic rings. The van der Waals surface area contributed by atoms with Crippen molar-refractivity contribution in [1.82, 2.24) is 4.98 Å². The van der Waals surface area contributed by atoms with Gasteiger partial charge in [-0.15, -0.1) is 0 Å². The molecule has 0 aliphatic heterocycles. The van der Waals surface area contributed by atoms with E-state index in [2.05, 4.69) is 10.3 Å². The van der Waals surface area contributed by atoms with Gasteiger partial charge in [0.2, 0.25) is 0 Å². The fraction of sp³-hybridized carbons (Fsp3) is 0.0769. The highest BCUT2D eigenvalue weighted by Crippen LogP contribution is 2.32. The summed E-state index contributed by atoms with van der Waals surface area (Å²) in [6.45, 7) is 1.86. The van der Waals surface area contributed by atoms with Crippen LogP contribution < -0.4 is 5.32 Å². The first kappa shape index (κ1) is 14.9. The minimum absolute atomic E-state index is 0.0722. The van der Waals surface area contributed by atoms with Gasteiger partial charge in [-0.3, -0.25) is 20.2 Å². The Labute approximate surface area is 137 Å². The lowest BCUT2D eigenvalue weighted by Crippen LogP contribution is -2.09. The molecule has 0 saturated heterocycles. The molecule has 0 saturated carbocycles. The largest absolute Gasteiger partial charge is 0.324 e. The molecule has 0 spiro atoms. The third-order valence-corrected chi connectivity index (χ3v) is 5.35. The maximum absolute atomic E-state index is 12.1. The molecule has 0 radical (unpaired) electrons. The van der Waals surface area contributed by atoms with Crippen LogP contribution in [0.5, 0.6) is 0 Å². The van der Waals surface area contributed by atoms with Crippen LogP contribution in [-0.4, -0.2) is 15.8 Å². The van der Waals surface area contributed by atoms with Gasteiger partial charge in [0, 0.05) is 11.1 Å². The maximum atomic E-state index is 12.1. The SMILES string of the molecule is Cc1c(Cl)ccc2sc(NC(=O)c3ccc([N+](=O)[O-])s3)nc12. The molecule has 9 heteroatoms. The molecule has 1 N–H and O–H groups in total. The Hall–Kier alpha value is -2.03. The van der Waals surface area contributed by atoms with Crippen LogP contribution in [0.3, 0.4) is 0 Å². The number of benzene rings is 1. The number of aryl methyl sites for hydroxylation is 1. The number of hydrogen-bond acceptors (Lipinski definition) is 6. The number of aromatic nitrogens is 1. The highest BCUT2D eigenvalue weighted by Gasteiger charge is 2.17. The first-order valence-corrected chi connectivity index (χ1v) is 8.08. The standard InChI is InChI=1S/C13H8ClN3O3S2/c1-6-7(14)2-3-8-11(6)15-13(22-8)16-12(18)9-4-5-10(21-9)17(19)20/h2-5H,1H3,(H,15,16,18). The quantitative estimate of drug-likeness (QED) is 0.555. The van der Waals surface area contributed by atoms with E-state index in [0.29, 0.717) is 10.2 Å². The van der Waals surface area contributed by atoms with E-state index in [1.54, 1.807) is 6.07 Å². The number of thiophene rings is 1. The van der Waals surface area contributed by atoms with E-state index in [0.717, 1.165) is 27.1 Å². The molecule has 6 nitrogen and oxygen atoms in total. The van der Waals surface area contributed by atoms with Gasteiger partial charge in [0.1, 0.15) is 0 Å². The third-order valence-electron chi connectivity index (χ3n) is 2.96. The van der Waals surface area contributed by atoms with Crippen molar-refractivity contribution in [3.05, 3.63) is 49.8 Å². The number of nitrogens with zero attached hydrogens (tertiary/aromatic N) is 2. The van der Waals surface area contributed by atoms with Gasteiger partial charge in [-0.1, -0.05) is 34.3 Å². The first-order valence-electron chi connectivity index (χ1n) is 6.07. The van der Waals surface area contributed by atoms with Crippen LogP contribution in [0.15, 0.2) is 24.3 Å². The third kappa shape index (κ3) is 2.68. The molecule has 22 heavy (non-hydrogen) atoms. The molecular weight excluding hydrogens is 346 g/mol. The fourth-order valence-corrected chi connectivity index (χ4v) is 3.65. The molecule has 112 valence electrons. The number of nitrogens with one attached hydrogen (secondary N) is 1. The van der Waals surface area contributed by atoms with Gasteiger partial charge in [-0.2, -0.15) is 0 Å². The average molecular weight is 354 g/mol. The van der Waals surface area contributed by atoms with Crippen molar-refractivity contribution in [3.63, 3.8) is 0 Å². The Balaban J connectivity index is 1.87. The van der Waals surface area contributed by atoms with E-state index in [1.165, 1.54) is 23.5 Å². The van der Waals surface area contributed by atoms with Crippen LogP contribution >= 0.6 is 34.3 Å². The summed E-state index contributed by atoms with van der Waals surface area (Å²) < 4.78 is 0.911. The maximum Gasteiger partial charge on any atom is 0.324 e. The number of thiazole rings is 1. The van der Waals surface area contributed by atoms with Crippen molar-refractivity contribution in [1.29, 1.82) is 0 Å². The van der Waals surface area contributed by atoms with Gasteiger partial charge in [-0.25, -0.2) is 4.98 Å². The van der Waals surface area contributed by atoms with E-state index in [4.69, 9.17) is 11.6 Å². The molecule has 1 amide bonds. The van der Waals surface area contributed by atoms with Crippen molar-refractivity contribution in [2.75, 3.05) is 5.32 Å². The lowest BCUT2D eigenvalue weighted by molar-refractivity contribution is -0.380. The molecule has 3 aromatic rings. The normalized spacial score (nSPS) is 10.8. The zero-order chi connectivity index (χ0) is 15.9. The number of carbonyl (C=O) groups excluding carboxylic acids is 1. The van der Waals surface area contributed by atoms with E-state index in [1.807, 2.05) is 13.0 Å². The summed E-state index contributed by atoms with van der Waals surface area (Å²) in [5.74, 6) is -0.416. The Kier molecular flexibility index (Phi) is 3.81. The summed E-state index contributed by atoms with van der Waals surface area (Å²) in [6.07, 6.45) is 0. The van der Waals surface area contributed by atoms with Gasteiger partial charge < -0.3 is 0 Å². The average Bonchev–Trinajstić information content (AvgIpc) is 3.09. The molecule has 0 bridgehead atoms. The van der Waals surface area contributed by atoms with Gasteiger partial charge in [-0.05, 0) is 30.7 Å². The molecule has 2 heterocycles. The molecule has 0 unspecified atom stereocenters. The second-order valence-corrected chi connectivity index (χ2v) is 6.89. The highest BCUT2D eigenvalue weighted by atomic mass is 35.5. The second-order valence-electron chi connectivity index (χ2n) is 4.39.